The molecule has 0 amide bonds. The Morgan fingerprint density at radius 3 is 2.31 bits per heavy atom. The average Bonchev–Trinajstić information content (AvgIpc) is 2.08. The first kappa shape index (κ1) is 12.8. The van der Waals surface area contributed by atoms with Crippen LogP contribution in [-0.2, 0) is 6.42 Å². The van der Waals surface area contributed by atoms with Gasteiger partial charge in [-0.25, -0.2) is 0 Å². The minimum atomic E-state index is -0.0934. The van der Waals surface area contributed by atoms with E-state index in [1.807, 2.05) is 0 Å². The van der Waals surface area contributed by atoms with Gasteiger partial charge in [0.1, 0.15) is 0 Å². The lowest BCUT2D eigenvalue weighted by Gasteiger charge is -2.14. The fourth-order valence-electron chi connectivity index (χ4n) is 1.59. The summed E-state index contributed by atoms with van der Waals surface area (Å²) in [5.74, 6) is 0.704. The number of aryl methyl sites for hydroxylation is 2. The summed E-state index contributed by atoms with van der Waals surface area (Å²) in [6.07, 6.45) is 0.735. The third-order valence-corrected chi connectivity index (χ3v) is 2.44. The molecule has 2 nitrogen and oxygen atoms in total. The summed E-state index contributed by atoms with van der Waals surface area (Å²) >= 11 is 0. The van der Waals surface area contributed by atoms with Gasteiger partial charge in [-0.15, -0.1) is 0 Å². The van der Waals surface area contributed by atoms with Gasteiger partial charge in [0.15, 0.2) is 0 Å². The molecule has 0 saturated heterocycles. The molecule has 0 aromatic heterocycles. The maximum Gasteiger partial charge on any atom is 0.0987 e. The van der Waals surface area contributed by atoms with Crippen LogP contribution in [0.15, 0.2) is 23.2 Å². The van der Waals surface area contributed by atoms with Gasteiger partial charge in [-0.1, -0.05) is 18.2 Å². The van der Waals surface area contributed by atoms with E-state index in [4.69, 9.17) is 5.73 Å². The zero-order chi connectivity index (χ0) is 12.3. The van der Waals surface area contributed by atoms with Crippen molar-refractivity contribution in [1.29, 1.82) is 0 Å². The Balaban J connectivity index is 2.81. The Morgan fingerprint density at radius 2 is 1.81 bits per heavy atom. The van der Waals surface area contributed by atoms with Gasteiger partial charge in [-0.2, -0.15) is 0 Å². The summed E-state index contributed by atoms with van der Waals surface area (Å²) in [5, 5.41) is 0. The minimum Gasteiger partial charge on any atom is -0.387 e. The molecule has 0 radical (unpaired) electrons. The highest BCUT2D eigenvalue weighted by Crippen LogP contribution is 2.12. The molecule has 2 heteroatoms. The Labute approximate surface area is 98.6 Å². The molecule has 16 heavy (non-hydrogen) atoms. The molecular weight excluding hydrogens is 196 g/mol. The number of hydrogen-bond acceptors (Lipinski definition) is 1. The molecule has 2 N–H and O–H groups in total. The molecule has 0 bridgehead atoms. The van der Waals surface area contributed by atoms with E-state index >= 15 is 0 Å². The summed E-state index contributed by atoms with van der Waals surface area (Å²) in [7, 11) is 0. The summed E-state index contributed by atoms with van der Waals surface area (Å²) < 4.78 is 0. The van der Waals surface area contributed by atoms with Crippen molar-refractivity contribution in [2.24, 2.45) is 10.7 Å². The Kier molecular flexibility index (Phi) is 3.74. The summed E-state index contributed by atoms with van der Waals surface area (Å²) in [6, 6.07) is 6.43. The molecule has 0 aliphatic heterocycles. The molecule has 0 aliphatic rings. The maximum absolute atomic E-state index is 5.93. The van der Waals surface area contributed by atoms with Gasteiger partial charge in [0.05, 0.1) is 11.4 Å². The molecule has 0 unspecified atom stereocenters. The van der Waals surface area contributed by atoms with Crippen LogP contribution in [0.3, 0.4) is 0 Å². The Hall–Kier alpha value is -1.31. The van der Waals surface area contributed by atoms with Crippen molar-refractivity contribution in [1.82, 2.24) is 0 Å². The van der Waals surface area contributed by atoms with E-state index in [0.717, 1.165) is 6.42 Å². The lowest BCUT2D eigenvalue weighted by Crippen LogP contribution is -2.22. The third-order valence-electron chi connectivity index (χ3n) is 2.44. The van der Waals surface area contributed by atoms with E-state index < -0.39 is 0 Å². The molecule has 0 atom stereocenters. The van der Waals surface area contributed by atoms with Gasteiger partial charge in [0.2, 0.25) is 0 Å². The SMILES string of the molecule is Cc1ccc(CC(N)=NC(C)(C)C)cc1C. The van der Waals surface area contributed by atoms with Crippen LogP contribution in [0.1, 0.15) is 37.5 Å². The summed E-state index contributed by atoms with van der Waals surface area (Å²) in [4.78, 5) is 4.45. The van der Waals surface area contributed by atoms with Crippen molar-refractivity contribution in [2.45, 2.75) is 46.6 Å². The number of rotatable bonds is 2. The minimum absolute atomic E-state index is 0.0934. The zero-order valence-electron chi connectivity index (χ0n) is 11.0. The molecule has 0 heterocycles. The van der Waals surface area contributed by atoms with E-state index in [1.165, 1.54) is 16.7 Å². The average molecular weight is 218 g/mol. The molecule has 1 aromatic carbocycles. The van der Waals surface area contributed by atoms with Crippen molar-refractivity contribution < 1.29 is 0 Å². The first-order valence-corrected chi connectivity index (χ1v) is 5.68. The Morgan fingerprint density at radius 1 is 1.19 bits per heavy atom. The molecular formula is C14H22N2. The van der Waals surface area contributed by atoms with Crippen LogP contribution in [-0.4, -0.2) is 11.4 Å². The first-order valence-electron chi connectivity index (χ1n) is 5.68. The van der Waals surface area contributed by atoms with Gasteiger partial charge >= 0.3 is 0 Å². The van der Waals surface area contributed by atoms with Gasteiger partial charge in [0.25, 0.3) is 0 Å². The van der Waals surface area contributed by atoms with Crippen LogP contribution in [0.4, 0.5) is 0 Å². The lowest BCUT2D eigenvalue weighted by atomic mass is 10.0. The highest BCUT2D eigenvalue weighted by Gasteiger charge is 2.08. The predicted octanol–water partition coefficient (Wildman–Crippen LogP) is 3.00. The first-order chi connectivity index (χ1) is 7.28. The molecule has 1 rings (SSSR count). The van der Waals surface area contributed by atoms with E-state index in [9.17, 15) is 0 Å². The molecule has 0 aliphatic carbocycles. The zero-order valence-corrected chi connectivity index (χ0v) is 11.0. The summed E-state index contributed by atoms with van der Waals surface area (Å²) in [5.41, 5.74) is 9.69. The van der Waals surface area contributed by atoms with Crippen LogP contribution in [0.5, 0.6) is 0 Å². The second-order valence-electron chi connectivity index (χ2n) is 5.37. The van der Waals surface area contributed by atoms with Gasteiger partial charge < -0.3 is 5.73 Å². The Bertz CT molecular complexity index is 398. The van der Waals surface area contributed by atoms with Crippen LogP contribution < -0.4 is 5.73 Å². The quantitative estimate of drug-likeness (QED) is 0.601. The number of nitrogens with zero attached hydrogens (tertiary/aromatic N) is 1. The van der Waals surface area contributed by atoms with E-state index in [2.05, 4.69) is 57.8 Å². The number of amidine groups is 1. The predicted molar refractivity (Wildman–Crippen MR) is 71.0 cm³/mol. The number of nitrogens with two attached hydrogens (primary N) is 1. The van der Waals surface area contributed by atoms with E-state index in [0.29, 0.717) is 5.84 Å². The molecule has 0 spiro atoms. The summed E-state index contributed by atoms with van der Waals surface area (Å²) in [6.45, 7) is 10.4. The van der Waals surface area contributed by atoms with Crippen molar-refractivity contribution in [3.63, 3.8) is 0 Å². The largest absolute Gasteiger partial charge is 0.387 e. The van der Waals surface area contributed by atoms with E-state index in [1.54, 1.807) is 0 Å². The number of hydrogen-bond donors (Lipinski definition) is 1. The molecule has 1 aromatic rings. The standard InChI is InChI=1S/C14H22N2/c1-10-6-7-12(8-11(10)2)9-13(15)16-14(3,4)5/h6-8H,9H2,1-5H3,(H2,15,16). The monoisotopic (exact) mass is 218 g/mol. The number of aliphatic imine (C=N–C) groups is 1. The van der Waals surface area contributed by atoms with Crippen LogP contribution >= 0.6 is 0 Å². The van der Waals surface area contributed by atoms with Crippen LogP contribution in [0, 0.1) is 13.8 Å². The maximum atomic E-state index is 5.93. The van der Waals surface area contributed by atoms with Gasteiger partial charge in [-0.05, 0) is 51.3 Å². The van der Waals surface area contributed by atoms with Crippen molar-refractivity contribution in [3.8, 4) is 0 Å². The van der Waals surface area contributed by atoms with Gasteiger partial charge in [0, 0.05) is 6.42 Å². The molecule has 88 valence electrons. The van der Waals surface area contributed by atoms with Crippen molar-refractivity contribution in [3.05, 3.63) is 34.9 Å². The van der Waals surface area contributed by atoms with Crippen LogP contribution in [0.25, 0.3) is 0 Å². The van der Waals surface area contributed by atoms with Crippen molar-refractivity contribution >= 4 is 5.84 Å². The fourth-order valence-corrected chi connectivity index (χ4v) is 1.59. The third kappa shape index (κ3) is 4.05. The highest BCUT2D eigenvalue weighted by molar-refractivity contribution is 5.83. The second kappa shape index (κ2) is 4.69. The van der Waals surface area contributed by atoms with Crippen LogP contribution in [0.2, 0.25) is 0 Å². The van der Waals surface area contributed by atoms with Crippen molar-refractivity contribution in [2.75, 3.05) is 0 Å². The second-order valence-corrected chi connectivity index (χ2v) is 5.37. The molecule has 0 saturated carbocycles. The lowest BCUT2D eigenvalue weighted by molar-refractivity contribution is 0.581. The van der Waals surface area contributed by atoms with Gasteiger partial charge in [-0.3, -0.25) is 4.99 Å². The fraction of sp³-hybridized carbons (Fsp3) is 0.500. The van der Waals surface area contributed by atoms with E-state index in [-0.39, 0.29) is 5.54 Å². The highest BCUT2D eigenvalue weighted by atomic mass is 14.9. The normalized spacial score (nSPS) is 12.9. The number of benzene rings is 1. The topological polar surface area (TPSA) is 38.4 Å². The smallest absolute Gasteiger partial charge is 0.0987 e. The molecule has 0 fully saturated rings.